The molecule has 0 fully saturated rings. The quantitative estimate of drug-likeness (QED) is 0.868. The zero-order chi connectivity index (χ0) is 17.3. The number of hydrogen-bond acceptors (Lipinski definition) is 6. The zero-order valence-corrected chi connectivity index (χ0v) is 15.3. The van der Waals surface area contributed by atoms with Gasteiger partial charge in [-0.2, -0.15) is 4.68 Å². The van der Waals surface area contributed by atoms with E-state index in [0.29, 0.717) is 9.33 Å². The molecule has 0 bridgehead atoms. The molecule has 24 heavy (non-hydrogen) atoms. The van der Waals surface area contributed by atoms with Crippen LogP contribution in [0.15, 0.2) is 34.2 Å². The minimum atomic E-state index is -0.359. The van der Waals surface area contributed by atoms with Crippen LogP contribution in [0, 0.1) is 0 Å². The second kappa shape index (κ2) is 6.32. The van der Waals surface area contributed by atoms with Crippen LogP contribution in [-0.2, 0) is 0 Å². The van der Waals surface area contributed by atoms with Gasteiger partial charge in [-0.1, -0.05) is 37.3 Å². The second-order valence-corrected chi connectivity index (χ2v) is 7.15. The first-order chi connectivity index (χ1) is 11.5. The Bertz CT molecular complexity index is 891. The van der Waals surface area contributed by atoms with E-state index in [1.807, 2.05) is 49.3 Å². The average Bonchev–Trinajstić information content (AvgIpc) is 2.90. The van der Waals surface area contributed by atoms with Crippen molar-refractivity contribution in [3.8, 4) is 0 Å². The lowest BCUT2D eigenvalue weighted by Gasteiger charge is -2.35. The summed E-state index contributed by atoms with van der Waals surface area (Å²) in [7, 11) is 4.01. The van der Waals surface area contributed by atoms with Crippen LogP contribution in [0.2, 0.25) is 0 Å². The minimum Gasteiger partial charge on any atom is -0.378 e. The van der Waals surface area contributed by atoms with E-state index in [1.54, 1.807) is 4.68 Å². The number of anilines is 1. The molecule has 0 radical (unpaired) electrons. The summed E-state index contributed by atoms with van der Waals surface area (Å²) in [6.07, 6.45) is 3.58. The van der Waals surface area contributed by atoms with Gasteiger partial charge >= 0.3 is 0 Å². The molecule has 1 aliphatic heterocycles. The molecule has 2 N–H and O–H groups in total. The largest absolute Gasteiger partial charge is 0.378 e. The van der Waals surface area contributed by atoms with Gasteiger partial charge in [0.05, 0.1) is 4.53 Å². The number of rotatable bonds is 4. The van der Waals surface area contributed by atoms with Gasteiger partial charge in [0.25, 0.3) is 5.56 Å². The van der Waals surface area contributed by atoms with E-state index in [0.717, 1.165) is 24.1 Å². The number of nitrogens with one attached hydrogen (secondary N) is 2. The predicted octanol–water partition coefficient (Wildman–Crippen LogP) is 1.00. The van der Waals surface area contributed by atoms with Gasteiger partial charge in [0, 0.05) is 19.8 Å². The summed E-state index contributed by atoms with van der Waals surface area (Å²) < 4.78 is 2.23. The number of benzene rings is 1. The van der Waals surface area contributed by atoms with E-state index in [-0.39, 0.29) is 11.2 Å². The van der Waals surface area contributed by atoms with Crippen molar-refractivity contribution in [3.05, 3.63) is 49.5 Å². The van der Waals surface area contributed by atoms with E-state index in [2.05, 4.69) is 29.8 Å². The highest BCUT2D eigenvalue weighted by atomic mass is 32.1. The Labute approximate surface area is 145 Å². The lowest BCUT2D eigenvalue weighted by molar-refractivity contribution is 0.294. The summed E-state index contributed by atoms with van der Waals surface area (Å²) >= 11 is 1.38. The van der Waals surface area contributed by atoms with Crippen LogP contribution >= 0.6 is 11.3 Å². The van der Waals surface area contributed by atoms with Crippen molar-refractivity contribution in [2.75, 3.05) is 24.4 Å². The fourth-order valence-electron chi connectivity index (χ4n) is 2.63. The third-order valence-corrected chi connectivity index (χ3v) is 5.38. The van der Waals surface area contributed by atoms with Crippen molar-refractivity contribution >= 4 is 23.1 Å². The molecule has 0 atom stereocenters. The van der Waals surface area contributed by atoms with Gasteiger partial charge in [-0.3, -0.25) is 15.6 Å². The molecule has 6 nitrogen and oxygen atoms in total. The molecule has 3 rings (SSSR count). The lowest BCUT2D eigenvalue weighted by Crippen LogP contribution is -2.60. The van der Waals surface area contributed by atoms with Gasteiger partial charge in [-0.05, 0) is 36.6 Å². The molecule has 0 amide bonds. The van der Waals surface area contributed by atoms with Gasteiger partial charge in [0.15, 0.2) is 0 Å². The van der Waals surface area contributed by atoms with Crippen LogP contribution in [0.4, 0.5) is 5.69 Å². The average molecular weight is 345 g/mol. The van der Waals surface area contributed by atoms with Crippen molar-refractivity contribution in [2.24, 2.45) is 5.10 Å². The normalized spacial score (nSPS) is 15.9. The van der Waals surface area contributed by atoms with Gasteiger partial charge in [-0.15, -0.1) is 5.10 Å². The van der Waals surface area contributed by atoms with E-state index in [9.17, 15) is 4.79 Å². The fraction of sp³-hybridized carbons (Fsp3) is 0.412. The summed E-state index contributed by atoms with van der Waals surface area (Å²) in [4.78, 5) is 15.4. The Morgan fingerprint density at radius 3 is 2.50 bits per heavy atom. The molecule has 2 aromatic rings. The number of fused-ring (bicyclic) bond motifs is 1. The highest BCUT2D eigenvalue weighted by molar-refractivity contribution is 7.07. The molecule has 7 heteroatoms. The summed E-state index contributed by atoms with van der Waals surface area (Å²) in [5.74, 6) is 0. The van der Waals surface area contributed by atoms with E-state index < -0.39 is 0 Å². The van der Waals surface area contributed by atoms with Gasteiger partial charge < -0.3 is 4.90 Å². The Morgan fingerprint density at radius 1 is 1.25 bits per heavy atom. The smallest absolute Gasteiger partial charge is 0.289 e. The Morgan fingerprint density at radius 2 is 1.92 bits per heavy atom. The molecule has 0 unspecified atom stereocenters. The maximum Gasteiger partial charge on any atom is 0.289 e. The van der Waals surface area contributed by atoms with E-state index >= 15 is 0 Å². The standard InChI is InChI=1S/C17H23N5OS/c1-5-17(6-2)19-18-16-22(20-17)15(23)14(24-16)11-12-7-9-13(10-8-12)21(3)4/h7-11,19-20H,5-6H2,1-4H3/b14-11+. The summed E-state index contributed by atoms with van der Waals surface area (Å²) in [5.41, 5.74) is 8.17. The third kappa shape index (κ3) is 2.91. The van der Waals surface area contributed by atoms with Gasteiger partial charge in [-0.25, -0.2) is 0 Å². The van der Waals surface area contributed by atoms with Crippen molar-refractivity contribution in [2.45, 2.75) is 32.4 Å². The second-order valence-electron chi connectivity index (χ2n) is 6.14. The lowest BCUT2D eigenvalue weighted by atomic mass is 10.1. The number of nitrogens with zero attached hydrogens (tertiary/aromatic N) is 3. The van der Waals surface area contributed by atoms with Crippen molar-refractivity contribution in [1.82, 2.24) is 10.1 Å². The Balaban J connectivity index is 2.00. The maximum atomic E-state index is 12.7. The van der Waals surface area contributed by atoms with Crippen LogP contribution in [0.1, 0.15) is 32.3 Å². The van der Waals surface area contributed by atoms with E-state index in [4.69, 9.17) is 0 Å². The molecule has 0 saturated carbocycles. The topological polar surface area (TPSA) is 61.7 Å². The summed E-state index contributed by atoms with van der Waals surface area (Å²) in [6, 6.07) is 8.12. The molecule has 0 spiro atoms. The van der Waals surface area contributed by atoms with Crippen LogP contribution < -0.4 is 30.6 Å². The molecule has 0 saturated heterocycles. The fourth-order valence-corrected chi connectivity index (χ4v) is 3.51. The SMILES string of the molecule is CCC1(CC)NN=c2s/c(=C/c3ccc(N(C)C)cc3)c(=O)n2N1. The van der Waals surface area contributed by atoms with Gasteiger partial charge in [0.2, 0.25) is 4.80 Å². The summed E-state index contributed by atoms with van der Waals surface area (Å²) in [6.45, 7) is 4.14. The number of hydrogen-bond donors (Lipinski definition) is 2. The molecule has 128 valence electrons. The van der Waals surface area contributed by atoms with Gasteiger partial charge in [0.1, 0.15) is 5.66 Å². The van der Waals surface area contributed by atoms with Crippen molar-refractivity contribution in [3.63, 3.8) is 0 Å². The van der Waals surface area contributed by atoms with E-state index in [1.165, 1.54) is 11.3 Å². The van der Waals surface area contributed by atoms with Crippen molar-refractivity contribution < 1.29 is 0 Å². The Hall–Kier alpha value is -2.28. The third-order valence-electron chi connectivity index (χ3n) is 4.41. The molecule has 1 aromatic carbocycles. The van der Waals surface area contributed by atoms with Crippen molar-refractivity contribution in [1.29, 1.82) is 0 Å². The highest BCUT2D eigenvalue weighted by Gasteiger charge is 2.29. The number of thiazole rings is 1. The monoisotopic (exact) mass is 345 g/mol. The van der Waals surface area contributed by atoms with Crippen LogP contribution in [-0.4, -0.2) is 24.4 Å². The molecular formula is C17H23N5OS. The zero-order valence-electron chi connectivity index (χ0n) is 14.5. The first kappa shape index (κ1) is 16.6. The van der Waals surface area contributed by atoms with Crippen LogP contribution in [0.3, 0.4) is 0 Å². The minimum absolute atomic E-state index is 0.0526. The maximum absolute atomic E-state index is 12.7. The molecule has 0 aliphatic carbocycles. The summed E-state index contributed by atoms with van der Waals surface area (Å²) in [5, 5.41) is 4.39. The Kier molecular flexibility index (Phi) is 4.36. The molecule has 1 aromatic heterocycles. The first-order valence-electron chi connectivity index (χ1n) is 8.12. The number of aromatic nitrogens is 1. The highest BCUT2D eigenvalue weighted by Crippen LogP contribution is 2.14. The molecule has 2 heterocycles. The predicted molar refractivity (Wildman–Crippen MR) is 99.5 cm³/mol. The first-order valence-corrected chi connectivity index (χ1v) is 8.93. The van der Waals surface area contributed by atoms with Crippen LogP contribution in [0.5, 0.6) is 0 Å². The molecular weight excluding hydrogens is 322 g/mol. The molecule has 1 aliphatic rings. The van der Waals surface area contributed by atoms with Crippen LogP contribution in [0.25, 0.3) is 6.08 Å².